The zero-order chi connectivity index (χ0) is 59.1. The minimum Gasteiger partial charge on any atom is -0.756 e. The predicted molar refractivity (Wildman–Crippen MR) is 352 cm³/mol. The standard InChI is InChI=1S/C72H129N2O6P/c1-6-8-10-12-14-16-18-20-22-24-26-28-30-32-33-34-35-36-37-38-39-40-41-42-44-46-48-50-52-54-56-58-60-62-64-66-72(76)73-70(69-80-81(77,78)79-68-67-74(3,4)5)71(75)65-63-61-59-57-55-53-51-49-47-45-43-31-29-27-25-23-21-19-17-15-13-11-9-7-2/h8,10,14,16,20,22,26,28,32-33,35-36,38-39,55,57,63,65,70-71,75H,6-7,9,11-13,15,17-19,21,23-25,27,29-31,34,37,40-54,56,58-62,64,66-69H2,1-5H3,(H-,73,76,77,78)/b10-8-,16-14-,22-20-,28-26-,33-32-,36-35-,39-38-,57-55+,65-63+. The van der Waals surface area contributed by atoms with E-state index in [9.17, 15) is 19.4 Å². The average Bonchev–Trinajstić information content (AvgIpc) is 3.43. The van der Waals surface area contributed by atoms with Gasteiger partial charge in [0.05, 0.1) is 39.9 Å². The summed E-state index contributed by atoms with van der Waals surface area (Å²) in [6, 6.07) is -0.912. The summed E-state index contributed by atoms with van der Waals surface area (Å²) < 4.78 is 23.4. The van der Waals surface area contributed by atoms with Gasteiger partial charge in [0.15, 0.2) is 0 Å². The molecule has 3 atom stereocenters. The number of nitrogens with zero attached hydrogens (tertiary/aromatic N) is 1. The molecule has 81 heavy (non-hydrogen) atoms. The van der Waals surface area contributed by atoms with Gasteiger partial charge in [0.25, 0.3) is 7.82 Å². The Morgan fingerprint density at radius 3 is 1.15 bits per heavy atom. The summed E-state index contributed by atoms with van der Waals surface area (Å²) in [6.07, 6.45) is 90.5. The van der Waals surface area contributed by atoms with Crippen molar-refractivity contribution >= 4 is 13.7 Å². The van der Waals surface area contributed by atoms with Gasteiger partial charge in [-0.3, -0.25) is 9.36 Å². The highest BCUT2D eigenvalue weighted by Gasteiger charge is 2.23. The van der Waals surface area contributed by atoms with Gasteiger partial charge < -0.3 is 28.8 Å². The van der Waals surface area contributed by atoms with Gasteiger partial charge in [0.2, 0.25) is 5.91 Å². The molecule has 1 amide bonds. The summed E-state index contributed by atoms with van der Waals surface area (Å²) in [5.74, 6) is -0.210. The van der Waals surface area contributed by atoms with E-state index >= 15 is 0 Å². The average molecular weight is 1150 g/mol. The van der Waals surface area contributed by atoms with Gasteiger partial charge in [-0.2, -0.15) is 0 Å². The zero-order valence-corrected chi connectivity index (χ0v) is 54.4. The summed E-state index contributed by atoms with van der Waals surface area (Å²) in [5, 5.41) is 13.9. The molecule has 9 heteroatoms. The number of nitrogens with one attached hydrogen (secondary N) is 1. The van der Waals surface area contributed by atoms with Gasteiger partial charge in [-0.25, -0.2) is 0 Å². The fraction of sp³-hybridized carbons (Fsp3) is 0.736. The number of phosphoric acid groups is 1. The number of amides is 1. The molecule has 0 fully saturated rings. The zero-order valence-electron chi connectivity index (χ0n) is 53.5. The van der Waals surface area contributed by atoms with Crippen LogP contribution in [0.2, 0.25) is 0 Å². The molecule has 0 aliphatic rings. The number of quaternary nitrogens is 1. The number of likely N-dealkylation sites (N-methyl/N-ethyl adjacent to an activating group) is 1. The minimum atomic E-state index is -4.62. The van der Waals surface area contributed by atoms with Crippen LogP contribution < -0.4 is 10.2 Å². The summed E-state index contributed by atoms with van der Waals surface area (Å²) in [6.45, 7) is 4.53. The van der Waals surface area contributed by atoms with Gasteiger partial charge in [-0.15, -0.1) is 0 Å². The van der Waals surface area contributed by atoms with E-state index in [0.29, 0.717) is 17.4 Å². The van der Waals surface area contributed by atoms with E-state index in [1.165, 1.54) is 186 Å². The van der Waals surface area contributed by atoms with Crippen LogP contribution in [0, 0.1) is 0 Å². The van der Waals surface area contributed by atoms with Crippen LogP contribution in [0.25, 0.3) is 0 Å². The third-order valence-electron chi connectivity index (χ3n) is 14.7. The van der Waals surface area contributed by atoms with Crippen molar-refractivity contribution in [2.45, 2.75) is 302 Å². The maximum Gasteiger partial charge on any atom is 0.268 e. The lowest BCUT2D eigenvalue weighted by Crippen LogP contribution is -2.45. The van der Waals surface area contributed by atoms with Gasteiger partial charge in [-0.1, -0.05) is 303 Å². The summed E-state index contributed by atoms with van der Waals surface area (Å²) in [4.78, 5) is 25.6. The molecule has 3 unspecified atom stereocenters. The monoisotopic (exact) mass is 1150 g/mol. The molecule has 0 aliphatic heterocycles. The van der Waals surface area contributed by atoms with Crippen LogP contribution in [0.3, 0.4) is 0 Å². The van der Waals surface area contributed by atoms with Crippen LogP contribution in [0.4, 0.5) is 0 Å². The second-order valence-electron chi connectivity index (χ2n) is 23.8. The molecule has 0 aromatic rings. The summed E-state index contributed by atoms with van der Waals surface area (Å²) in [7, 11) is 1.24. The molecule has 0 saturated heterocycles. The molecule has 0 saturated carbocycles. The highest BCUT2D eigenvalue weighted by molar-refractivity contribution is 7.45. The van der Waals surface area contributed by atoms with E-state index in [-0.39, 0.29) is 12.5 Å². The molecule has 0 radical (unpaired) electrons. The maximum atomic E-state index is 13.0. The molecular weight excluding hydrogens is 1020 g/mol. The fourth-order valence-electron chi connectivity index (χ4n) is 9.50. The summed E-state index contributed by atoms with van der Waals surface area (Å²) >= 11 is 0. The van der Waals surface area contributed by atoms with Crippen molar-refractivity contribution < 1.29 is 32.9 Å². The number of rotatable bonds is 61. The number of allylic oxidation sites excluding steroid dienone is 17. The highest BCUT2D eigenvalue weighted by Crippen LogP contribution is 2.38. The smallest absolute Gasteiger partial charge is 0.268 e. The number of phosphoric ester groups is 1. The Labute approximate surface area is 501 Å². The Hall–Kier alpha value is -2.84. The van der Waals surface area contributed by atoms with E-state index in [2.05, 4.69) is 116 Å². The van der Waals surface area contributed by atoms with E-state index in [0.717, 1.165) is 83.5 Å². The lowest BCUT2D eigenvalue weighted by atomic mass is 10.0. The van der Waals surface area contributed by atoms with Gasteiger partial charge in [0, 0.05) is 6.42 Å². The molecule has 8 nitrogen and oxygen atoms in total. The molecule has 0 heterocycles. The second kappa shape index (κ2) is 61.7. The first-order valence-electron chi connectivity index (χ1n) is 33.7. The minimum absolute atomic E-state index is 0.0103. The number of unbranched alkanes of at least 4 members (excludes halogenated alkanes) is 32. The normalized spacial score (nSPS) is 14.4. The van der Waals surface area contributed by atoms with E-state index in [1.807, 2.05) is 27.2 Å². The summed E-state index contributed by atoms with van der Waals surface area (Å²) in [5.41, 5.74) is 0. The molecule has 0 aromatic carbocycles. The number of aliphatic hydroxyl groups is 1. The van der Waals surface area contributed by atoms with E-state index in [1.54, 1.807) is 6.08 Å². The molecular formula is C72H129N2O6P. The number of hydrogen-bond donors (Lipinski definition) is 2. The SMILES string of the molecule is CC/C=C\C/C=C\C/C=C\C/C=C\C/C=C\C/C=C\C/C=C\CCCCCCCCCCCCCCCC(=O)NC(COP(=O)([O-])OCC[N+](C)(C)C)C(O)/C=C/CC/C=C/CCCCCCCCCCCCCCCCCCCC. The maximum absolute atomic E-state index is 13.0. The van der Waals surface area contributed by atoms with Gasteiger partial charge >= 0.3 is 0 Å². The Bertz CT molecular complexity index is 1690. The molecule has 0 spiro atoms. The second-order valence-corrected chi connectivity index (χ2v) is 25.2. The molecule has 2 N–H and O–H groups in total. The number of carbonyl (C=O) groups excluding carboxylic acids is 1. The van der Waals surface area contributed by atoms with Crippen LogP contribution >= 0.6 is 7.82 Å². The highest BCUT2D eigenvalue weighted by atomic mass is 31.2. The van der Waals surface area contributed by atoms with Crippen molar-refractivity contribution in [3.63, 3.8) is 0 Å². The first-order chi connectivity index (χ1) is 39.5. The van der Waals surface area contributed by atoms with Crippen LogP contribution in [-0.4, -0.2) is 68.5 Å². The first kappa shape index (κ1) is 78.2. The Balaban J connectivity index is 4.14. The van der Waals surface area contributed by atoms with Crippen molar-refractivity contribution in [3.8, 4) is 0 Å². The van der Waals surface area contributed by atoms with Crippen molar-refractivity contribution in [3.05, 3.63) is 109 Å². The molecule has 0 aromatic heterocycles. The third-order valence-corrected chi connectivity index (χ3v) is 15.7. The Morgan fingerprint density at radius 2 is 0.765 bits per heavy atom. The van der Waals surface area contributed by atoms with Crippen LogP contribution in [-0.2, 0) is 18.4 Å². The Kier molecular flexibility index (Phi) is 59.5. The number of aliphatic hydroxyl groups excluding tert-OH is 1. The van der Waals surface area contributed by atoms with Crippen LogP contribution in [0.5, 0.6) is 0 Å². The van der Waals surface area contributed by atoms with E-state index < -0.39 is 26.6 Å². The lowest BCUT2D eigenvalue weighted by molar-refractivity contribution is -0.870. The number of carbonyl (C=O) groups is 1. The number of hydrogen-bond acceptors (Lipinski definition) is 6. The van der Waals surface area contributed by atoms with Gasteiger partial charge in [0.1, 0.15) is 13.2 Å². The Morgan fingerprint density at radius 1 is 0.444 bits per heavy atom. The van der Waals surface area contributed by atoms with Crippen LogP contribution in [0.1, 0.15) is 290 Å². The fourth-order valence-corrected chi connectivity index (χ4v) is 10.2. The van der Waals surface area contributed by atoms with E-state index in [4.69, 9.17) is 9.05 Å². The topological polar surface area (TPSA) is 108 Å². The quantitative estimate of drug-likeness (QED) is 0.0272. The molecule has 0 aliphatic carbocycles. The van der Waals surface area contributed by atoms with Crippen molar-refractivity contribution in [1.82, 2.24) is 5.32 Å². The van der Waals surface area contributed by atoms with Crippen molar-refractivity contribution in [1.29, 1.82) is 0 Å². The van der Waals surface area contributed by atoms with Crippen LogP contribution in [0.15, 0.2) is 109 Å². The largest absolute Gasteiger partial charge is 0.756 e. The van der Waals surface area contributed by atoms with Crippen molar-refractivity contribution in [2.75, 3.05) is 40.9 Å². The third kappa shape index (κ3) is 64.6. The molecule has 468 valence electrons. The molecule has 0 bridgehead atoms. The van der Waals surface area contributed by atoms with Gasteiger partial charge in [-0.05, 0) is 89.9 Å². The van der Waals surface area contributed by atoms with Crippen molar-refractivity contribution in [2.24, 2.45) is 0 Å². The predicted octanol–water partition coefficient (Wildman–Crippen LogP) is 20.9. The lowest BCUT2D eigenvalue weighted by Gasteiger charge is -2.29. The first-order valence-corrected chi connectivity index (χ1v) is 35.2. The molecule has 0 rings (SSSR count).